The van der Waals surface area contributed by atoms with Crippen LogP contribution in [0.15, 0.2) is 48.7 Å². The van der Waals surface area contributed by atoms with Crippen LogP contribution < -0.4 is 15.5 Å². The molecule has 2 amide bonds. The number of hydrogen-bond acceptors (Lipinski definition) is 3. The molecule has 164 valence electrons. The second-order valence-electron chi connectivity index (χ2n) is 8.30. The first-order valence-corrected chi connectivity index (χ1v) is 10.8. The molecule has 0 aliphatic carbocycles. The lowest BCUT2D eigenvalue weighted by Gasteiger charge is -2.35. The lowest BCUT2D eigenvalue weighted by molar-refractivity contribution is 0.212. The van der Waals surface area contributed by atoms with Gasteiger partial charge in [-0.2, -0.15) is 0 Å². The van der Waals surface area contributed by atoms with E-state index in [9.17, 15) is 14.3 Å². The number of amides is 2. The van der Waals surface area contributed by atoms with Gasteiger partial charge in [0.15, 0.2) is 0 Å². The molecule has 6 nitrogen and oxygen atoms in total. The number of nitrogens with zero attached hydrogens (tertiary/aromatic N) is 1. The van der Waals surface area contributed by atoms with Gasteiger partial charge in [0.05, 0.1) is 18.3 Å². The molecule has 7 heteroatoms. The number of urea groups is 1. The first kappa shape index (κ1) is 21.2. The highest BCUT2D eigenvalue weighted by Gasteiger charge is 2.24. The molecule has 0 bridgehead atoms. The fourth-order valence-corrected chi connectivity index (χ4v) is 4.32. The summed E-state index contributed by atoms with van der Waals surface area (Å²) in [4.78, 5) is 17.8. The Labute approximate surface area is 181 Å². The topological polar surface area (TPSA) is 80.4 Å². The first-order valence-electron chi connectivity index (χ1n) is 10.8. The van der Waals surface area contributed by atoms with Crippen molar-refractivity contribution in [2.75, 3.05) is 24.6 Å². The zero-order valence-corrected chi connectivity index (χ0v) is 17.7. The van der Waals surface area contributed by atoms with Crippen molar-refractivity contribution >= 4 is 22.6 Å². The third-order valence-electron chi connectivity index (χ3n) is 5.90. The van der Waals surface area contributed by atoms with Crippen LogP contribution in [-0.2, 0) is 6.42 Å². The number of hydrogen-bond donors (Lipinski definition) is 4. The quantitative estimate of drug-likeness (QED) is 0.489. The van der Waals surface area contributed by atoms with E-state index in [1.54, 1.807) is 6.07 Å². The maximum atomic E-state index is 14.3. The molecule has 0 spiro atoms. The number of para-hydroxylation sites is 1. The molecular weight excluding hydrogens is 395 g/mol. The van der Waals surface area contributed by atoms with Gasteiger partial charge in [0.25, 0.3) is 0 Å². The van der Waals surface area contributed by atoms with E-state index in [2.05, 4.69) is 15.6 Å². The predicted molar refractivity (Wildman–Crippen MR) is 121 cm³/mol. The molecule has 4 N–H and O–H groups in total. The predicted octanol–water partition coefficient (Wildman–Crippen LogP) is 3.49. The van der Waals surface area contributed by atoms with E-state index in [4.69, 9.17) is 0 Å². The number of aromatic nitrogens is 1. The van der Waals surface area contributed by atoms with Crippen LogP contribution in [0.25, 0.3) is 10.9 Å². The second-order valence-corrected chi connectivity index (χ2v) is 8.30. The van der Waals surface area contributed by atoms with Crippen molar-refractivity contribution in [3.05, 3.63) is 65.6 Å². The summed E-state index contributed by atoms with van der Waals surface area (Å²) < 4.78 is 14.3. The van der Waals surface area contributed by atoms with Crippen LogP contribution >= 0.6 is 0 Å². The van der Waals surface area contributed by atoms with Crippen LogP contribution in [0.5, 0.6) is 0 Å². The van der Waals surface area contributed by atoms with E-state index in [0.29, 0.717) is 18.7 Å². The number of carbonyl (C=O) groups is 1. The minimum atomic E-state index is -0.395. The van der Waals surface area contributed by atoms with Crippen molar-refractivity contribution in [1.82, 2.24) is 15.6 Å². The number of aromatic amines is 1. The smallest absolute Gasteiger partial charge is 0.315 e. The maximum Gasteiger partial charge on any atom is 0.315 e. The molecule has 1 aromatic heterocycles. The average molecular weight is 425 g/mol. The number of piperidine rings is 1. The third kappa shape index (κ3) is 4.99. The summed E-state index contributed by atoms with van der Waals surface area (Å²) in [6.07, 6.45) is 4.15. The maximum absolute atomic E-state index is 14.3. The number of halogens is 1. The summed E-state index contributed by atoms with van der Waals surface area (Å²) in [6, 6.07) is 12.3. The fraction of sp³-hybridized carbons (Fsp3) is 0.375. The summed E-state index contributed by atoms with van der Waals surface area (Å²) in [5.74, 6) is -0.241. The number of fused-ring (bicyclic) bond motifs is 1. The molecular formula is C24H29FN4O2. The molecule has 2 heterocycles. The minimum absolute atomic E-state index is 0.0823. The number of benzene rings is 2. The molecule has 1 fully saturated rings. The van der Waals surface area contributed by atoms with Gasteiger partial charge in [-0.05, 0) is 55.5 Å². The van der Waals surface area contributed by atoms with Crippen molar-refractivity contribution in [3.8, 4) is 0 Å². The molecule has 31 heavy (non-hydrogen) atoms. The number of rotatable bonds is 6. The number of aliphatic hydroxyl groups excluding tert-OH is 1. The molecule has 1 aliphatic rings. The van der Waals surface area contributed by atoms with Crippen LogP contribution in [0.2, 0.25) is 0 Å². The zero-order chi connectivity index (χ0) is 21.8. The van der Waals surface area contributed by atoms with E-state index < -0.39 is 6.04 Å². The lowest BCUT2D eigenvalue weighted by atomic mass is 10.0. The van der Waals surface area contributed by atoms with E-state index in [1.807, 2.05) is 48.4 Å². The monoisotopic (exact) mass is 424 g/mol. The largest absolute Gasteiger partial charge is 0.394 e. The zero-order valence-electron chi connectivity index (χ0n) is 17.7. The third-order valence-corrected chi connectivity index (χ3v) is 5.90. The number of aryl methyl sites for hydroxylation is 1. The normalized spacial score (nSPS) is 17.5. The molecule has 3 aromatic rings. The molecule has 2 unspecified atom stereocenters. The van der Waals surface area contributed by atoms with Crippen LogP contribution in [0.4, 0.5) is 14.9 Å². The van der Waals surface area contributed by atoms with E-state index in [-0.39, 0.29) is 24.5 Å². The van der Waals surface area contributed by atoms with Crippen LogP contribution in [0.3, 0.4) is 0 Å². The van der Waals surface area contributed by atoms with E-state index in [1.165, 1.54) is 6.07 Å². The Kier molecular flexibility index (Phi) is 6.42. The van der Waals surface area contributed by atoms with Crippen LogP contribution in [0.1, 0.15) is 24.0 Å². The number of carbonyl (C=O) groups excluding carboxylic acids is 1. The Hall–Kier alpha value is -3.06. The van der Waals surface area contributed by atoms with Gasteiger partial charge in [-0.1, -0.05) is 24.3 Å². The lowest BCUT2D eigenvalue weighted by Crippen LogP contribution is -2.53. The fourth-order valence-electron chi connectivity index (χ4n) is 4.32. The van der Waals surface area contributed by atoms with Crippen LogP contribution in [-0.4, -0.2) is 47.9 Å². The number of aliphatic hydroxyl groups is 1. The minimum Gasteiger partial charge on any atom is -0.394 e. The summed E-state index contributed by atoms with van der Waals surface area (Å²) in [5, 5.41) is 16.8. The standard InChI is InChI=1S/C24H29FN4O2/c1-16-8-9-21(25)23(11-16)29-10-4-5-18(14-29)27-24(31)28-19(15-30)12-17-13-26-22-7-3-2-6-20(17)22/h2-3,6-9,11,13,18-19,26,30H,4-5,10,12,14-15H2,1H3,(H2,27,28,31). The summed E-state index contributed by atoms with van der Waals surface area (Å²) in [6.45, 7) is 3.11. The van der Waals surface area contributed by atoms with Crippen molar-refractivity contribution in [2.45, 2.75) is 38.3 Å². The Bertz CT molecular complexity index is 1050. The van der Waals surface area contributed by atoms with Crippen molar-refractivity contribution in [3.63, 3.8) is 0 Å². The first-order chi connectivity index (χ1) is 15.0. The summed E-state index contributed by atoms with van der Waals surface area (Å²) in [5.41, 5.74) is 3.67. The Morgan fingerprint density at radius 3 is 3.00 bits per heavy atom. The van der Waals surface area contributed by atoms with E-state index in [0.717, 1.165) is 41.4 Å². The Balaban J connectivity index is 1.35. The Morgan fingerprint density at radius 2 is 2.16 bits per heavy atom. The van der Waals surface area contributed by atoms with Gasteiger partial charge >= 0.3 is 6.03 Å². The van der Waals surface area contributed by atoms with Gasteiger partial charge in [0.2, 0.25) is 0 Å². The van der Waals surface area contributed by atoms with Gasteiger partial charge in [-0.15, -0.1) is 0 Å². The second kappa shape index (κ2) is 9.39. The van der Waals surface area contributed by atoms with Crippen molar-refractivity contribution in [1.29, 1.82) is 0 Å². The average Bonchev–Trinajstić information content (AvgIpc) is 3.18. The molecule has 0 radical (unpaired) electrons. The molecule has 2 aromatic carbocycles. The van der Waals surface area contributed by atoms with Gasteiger partial charge in [0.1, 0.15) is 5.82 Å². The van der Waals surface area contributed by atoms with Crippen LogP contribution in [0, 0.1) is 12.7 Å². The molecule has 0 saturated carbocycles. The van der Waals surface area contributed by atoms with Gasteiger partial charge in [-0.3, -0.25) is 0 Å². The molecule has 2 atom stereocenters. The van der Waals surface area contributed by atoms with Crippen molar-refractivity contribution in [2.24, 2.45) is 0 Å². The molecule has 1 saturated heterocycles. The number of H-pyrrole nitrogens is 1. The van der Waals surface area contributed by atoms with Crippen molar-refractivity contribution < 1.29 is 14.3 Å². The molecule has 1 aliphatic heterocycles. The van der Waals surface area contributed by atoms with Gasteiger partial charge < -0.3 is 25.6 Å². The summed E-state index contributed by atoms with van der Waals surface area (Å²) in [7, 11) is 0. The SMILES string of the molecule is Cc1ccc(F)c(N2CCCC(NC(=O)NC(CO)Cc3c[nH]c4ccccc34)C2)c1. The highest BCUT2D eigenvalue weighted by Crippen LogP contribution is 2.24. The molecule has 4 rings (SSSR count). The summed E-state index contributed by atoms with van der Waals surface area (Å²) >= 11 is 0. The van der Waals surface area contributed by atoms with Gasteiger partial charge in [0, 0.05) is 36.2 Å². The van der Waals surface area contributed by atoms with E-state index >= 15 is 0 Å². The van der Waals surface area contributed by atoms with Gasteiger partial charge in [-0.25, -0.2) is 9.18 Å². The highest BCUT2D eigenvalue weighted by molar-refractivity contribution is 5.83. The highest BCUT2D eigenvalue weighted by atomic mass is 19.1. The number of anilines is 1. The number of nitrogens with one attached hydrogen (secondary N) is 3. The Morgan fingerprint density at radius 1 is 1.32 bits per heavy atom.